The predicted molar refractivity (Wildman–Crippen MR) is 143 cm³/mol. The van der Waals surface area contributed by atoms with Crippen LogP contribution < -0.4 is 0 Å². The Labute approximate surface area is 214 Å². The quantitative estimate of drug-likeness (QED) is 0.213. The lowest BCUT2D eigenvalue weighted by molar-refractivity contribution is -0.142. The van der Waals surface area contributed by atoms with Crippen LogP contribution in [0.15, 0.2) is 53.1 Å². The number of benzene rings is 2. The maximum atomic E-state index is 12.5. The van der Waals surface area contributed by atoms with Gasteiger partial charge in [-0.05, 0) is 76.8 Å². The molecule has 3 aromatic heterocycles. The lowest BCUT2D eigenvalue weighted by Gasteiger charge is -2.14. The third kappa shape index (κ3) is 4.13. The van der Waals surface area contributed by atoms with Crippen LogP contribution in [0.4, 0.5) is 0 Å². The molecule has 5 aromatic rings. The van der Waals surface area contributed by atoms with E-state index in [0.29, 0.717) is 11.6 Å². The second-order valence-electron chi connectivity index (χ2n) is 8.06. The average Bonchev–Trinajstić information content (AvgIpc) is 3.35. The number of aryl methyl sites for hydroxylation is 2. The van der Waals surface area contributed by atoms with Crippen molar-refractivity contribution in [2.75, 3.05) is 6.61 Å². The summed E-state index contributed by atoms with van der Waals surface area (Å²) < 4.78 is 9.26. The Morgan fingerprint density at radius 3 is 2.68 bits per heavy atom. The van der Waals surface area contributed by atoms with Crippen molar-refractivity contribution in [3.63, 3.8) is 0 Å². The Balaban J connectivity index is 1.72. The Morgan fingerprint density at radius 1 is 1.18 bits per heavy atom. The van der Waals surface area contributed by atoms with Gasteiger partial charge in [-0.15, -0.1) is 11.3 Å². The Kier molecular flexibility index (Phi) is 6.18. The number of fused-ring (bicyclic) bond motifs is 2. The van der Waals surface area contributed by atoms with Crippen LogP contribution in [-0.2, 0) is 23.0 Å². The zero-order valence-corrected chi connectivity index (χ0v) is 22.0. The van der Waals surface area contributed by atoms with E-state index in [2.05, 4.69) is 22.0 Å². The van der Waals surface area contributed by atoms with E-state index in [1.807, 2.05) is 68.1 Å². The number of carbonyl (C=O) groups is 1. The Bertz CT molecular complexity index is 1560. The number of nitrogens with zero attached hydrogens (tertiary/aromatic N) is 3. The summed E-state index contributed by atoms with van der Waals surface area (Å²) in [6, 6.07) is 13.8. The van der Waals surface area contributed by atoms with E-state index in [-0.39, 0.29) is 12.4 Å². The van der Waals surface area contributed by atoms with Gasteiger partial charge in [0, 0.05) is 23.8 Å². The molecule has 0 amide bonds. The minimum absolute atomic E-state index is 0.196. The highest BCUT2D eigenvalue weighted by Gasteiger charge is 2.21. The first-order valence-corrected chi connectivity index (χ1v) is 12.8. The zero-order valence-electron chi connectivity index (χ0n) is 18.9. The third-order valence-corrected chi connectivity index (χ3v) is 7.72. The first kappa shape index (κ1) is 23.0. The first-order chi connectivity index (χ1) is 16.4. The molecule has 0 bridgehead atoms. The molecule has 2 aromatic carbocycles. The van der Waals surface area contributed by atoms with Crippen molar-refractivity contribution < 1.29 is 9.53 Å². The molecular formula is C26H21BrClN3O2S. The van der Waals surface area contributed by atoms with Gasteiger partial charge >= 0.3 is 5.97 Å². The van der Waals surface area contributed by atoms with E-state index in [1.165, 1.54) is 0 Å². The number of hydrogen-bond acceptors (Lipinski definition) is 5. The summed E-state index contributed by atoms with van der Waals surface area (Å²) >= 11 is 11.3. The molecule has 3 heterocycles. The molecular weight excluding hydrogens is 534 g/mol. The number of hydrogen-bond donors (Lipinski definition) is 0. The smallest absolute Gasteiger partial charge is 0.310 e. The van der Waals surface area contributed by atoms with Gasteiger partial charge in [0.05, 0.1) is 38.9 Å². The van der Waals surface area contributed by atoms with Gasteiger partial charge in [0.15, 0.2) is 0 Å². The molecule has 0 aliphatic heterocycles. The minimum Gasteiger partial charge on any atom is -0.466 e. The van der Waals surface area contributed by atoms with Gasteiger partial charge in [-0.1, -0.05) is 23.7 Å². The van der Waals surface area contributed by atoms with Gasteiger partial charge in [-0.25, -0.2) is 9.97 Å². The summed E-state index contributed by atoms with van der Waals surface area (Å²) in [5, 5.41) is 1.49. The van der Waals surface area contributed by atoms with E-state index in [9.17, 15) is 4.79 Å². The summed E-state index contributed by atoms with van der Waals surface area (Å²) in [5.74, 6) is -0.244. The van der Waals surface area contributed by atoms with E-state index in [1.54, 1.807) is 11.3 Å². The second-order valence-corrected chi connectivity index (χ2v) is 10.3. The fraction of sp³-hybridized carbons (Fsp3) is 0.192. The summed E-state index contributed by atoms with van der Waals surface area (Å²) in [6.07, 6.45) is 2.20. The molecule has 5 nitrogen and oxygen atoms in total. The molecule has 0 N–H and O–H groups in total. The molecule has 0 saturated carbocycles. The van der Waals surface area contributed by atoms with Gasteiger partial charge in [-0.2, -0.15) is 0 Å². The fourth-order valence-corrected chi connectivity index (χ4v) is 6.02. The molecule has 0 spiro atoms. The van der Waals surface area contributed by atoms with Crippen LogP contribution in [0.1, 0.15) is 18.1 Å². The van der Waals surface area contributed by atoms with E-state index < -0.39 is 0 Å². The number of rotatable bonds is 5. The van der Waals surface area contributed by atoms with E-state index >= 15 is 0 Å². The van der Waals surface area contributed by atoms with Crippen molar-refractivity contribution in [1.82, 2.24) is 14.5 Å². The van der Waals surface area contributed by atoms with E-state index in [4.69, 9.17) is 26.3 Å². The second kappa shape index (κ2) is 9.13. The molecule has 0 radical (unpaired) electrons. The number of thiazole rings is 1. The van der Waals surface area contributed by atoms with Gasteiger partial charge in [0.25, 0.3) is 0 Å². The lowest BCUT2D eigenvalue weighted by atomic mass is 9.93. The molecule has 34 heavy (non-hydrogen) atoms. The van der Waals surface area contributed by atoms with Gasteiger partial charge in [-0.3, -0.25) is 4.79 Å². The van der Waals surface area contributed by atoms with Crippen LogP contribution >= 0.6 is 38.9 Å². The maximum absolute atomic E-state index is 12.5. The summed E-state index contributed by atoms with van der Waals surface area (Å²) in [5.41, 5.74) is 7.56. The SMILES string of the molecule is CCOC(=O)Cc1c(C)cc2nc(-c3ccc4c(n3)c(Br)cn4C)sc2c1-c1ccc(Cl)cc1. The standard InChI is InChI=1S/C26H21BrClN3O2S/c1-4-33-22(32)12-17-14(2)11-20-25(23(17)15-5-7-16(28)8-6-15)34-26(30-20)19-9-10-21-24(29-19)18(27)13-31(21)3/h5-11,13H,4,12H2,1-3H3. The van der Waals surface area contributed by atoms with E-state index in [0.717, 1.165) is 58.7 Å². The molecule has 0 saturated heterocycles. The molecule has 5 rings (SSSR count). The molecule has 0 aliphatic carbocycles. The number of halogens is 2. The lowest BCUT2D eigenvalue weighted by Crippen LogP contribution is -2.09. The number of pyridine rings is 1. The number of ether oxygens (including phenoxy) is 1. The van der Waals surface area contributed by atoms with Gasteiger partial charge < -0.3 is 9.30 Å². The zero-order chi connectivity index (χ0) is 24.0. The van der Waals surface area contributed by atoms with Crippen molar-refractivity contribution in [3.05, 3.63) is 69.3 Å². The van der Waals surface area contributed by atoms with Crippen LogP contribution in [0.5, 0.6) is 0 Å². The highest BCUT2D eigenvalue weighted by molar-refractivity contribution is 9.10. The molecule has 0 atom stereocenters. The monoisotopic (exact) mass is 553 g/mol. The normalized spacial score (nSPS) is 11.4. The highest BCUT2D eigenvalue weighted by atomic mass is 79.9. The molecule has 8 heteroatoms. The fourth-order valence-electron chi connectivity index (χ4n) is 4.18. The summed E-state index contributed by atoms with van der Waals surface area (Å²) in [6.45, 7) is 4.18. The molecule has 0 fully saturated rings. The molecule has 172 valence electrons. The first-order valence-electron chi connectivity index (χ1n) is 10.8. The van der Waals surface area contributed by atoms with Crippen molar-refractivity contribution >= 4 is 66.1 Å². The van der Waals surface area contributed by atoms with Crippen LogP contribution in [-0.4, -0.2) is 27.1 Å². The average molecular weight is 555 g/mol. The van der Waals surface area contributed by atoms with Crippen LogP contribution in [0, 0.1) is 6.92 Å². The van der Waals surface area contributed by atoms with Gasteiger partial charge in [0.2, 0.25) is 0 Å². The van der Waals surface area contributed by atoms with Crippen molar-refractivity contribution in [2.24, 2.45) is 7.05 Å². The third-order valence-electron chi connectivity index (χ3n) is 5.78. The number of esters is 1. The topological polar surface area (TPSA) is 57.0 Å². The van der Waals surface area contributed by atoms with Crippen molar-refractivity contribution in [1.29, 1.82) is 0 Å². The van der Waals surface area contributed by atoms with Crippen LogP contribution in [0.25, 0.3) is 43.1 Å². The number of aromatic nitrogens is 3. The summed E-state index contributed by atoms with van der Waals surface area (Å²) in [7, 11) is 2.00. The molecule has 0 unspecified atom stereocenters. The van der Waals surface area contributed by atoms with Crippen LogP contribution in [0.2, 0.25) is 5.02 Å². The van der Waals surface area contributed by atoms with Gasteiger partial charge in [0.1, 0.15) is 10.5 Å². The van der Waals surface area contributed by atoms with Crippen LogP contribution in [0.3, 0.4) is 0 Å². The Morgan fingerprint density at radius 2 is 1.94 bits per heavy atom. The molecule has 0 aliphatic rings. The Hall–Kier alpha value is -2.74. The van der Waals surface area contributed by atoms with Crippen molar-refractivity contribution in [2.45, 2.75) is 20.3 Å². The largest absolute Gasteiger partial charge is 0.466 e. The minimum atomic E-state index is -0.244. The predicted octanol–water partition coefficient (Wildman–Crippen LogP) is 7.35. The van der Waals surface area contributed by atoms with Crippen molar-refractivity contribution in [3.8, 4) is 21.8 Å². The highest BCUT2D eigenvalue weighted by Crippen LogP contribution is 2.41. The maximum Gasteiger partial charge on any atom is 0.310 e. The summed E-state index contributed by atoms with van der Waals surface area (Å²) in [4.78, 5) is 22.3. The number of carbonyl (C=O) groups excluding carboxylic acids is 1.